The predicted molar refractivity (Wildman–Crippen MR) is 95.0 cm³/mol. The Hall–Kier alpha value is -3.03. The molecule has 27 heavy (non-hydrogen) atoms. The summed E-state index contributed by atoms with van der Waals surface area (Å²) in [5.41, 5.74) is 0.475. The number of hydrogen-bond donors (Lipinski definition) is 3. The van der Waals surface area contributed by atoms with Gasteiger partial charge in [-0.05, 0) is 37.0 Å². The molecule has 3 N–H and O–H groups in total. The van der Waals surface area contributed by atoms with E-state index in [1.54, 1.807) is 0 Å². The maximum Gasteiger partial charge on any atom is 0.322 e. The fraction of sp³-hybridized carbons (Fsp3) is 0.421. The number of nitrogens with zero attached hydrogens (tertiary/aromatic N) is 1. The Balaban J connectivity index is 1.62. The first-order valence-electron chi connectivity index (χ1n) is 8.91. The highest BCUT2D eigenvalue weighted by molar-refractivity contribution is 6.19. The topological polar surface area (TPSA) is 116 Å². The molecule has 2 aliphatic rings. The van der Waals surface area contributed by atoms with Crippen LogP contribution in [0.1, 0.15) is 31.2 Å². The van der Waals surface area contributed by atoms with E-state index >= 15 is 0 Å². The maximum atomic E-state index is 12.6. The Morgan fingerprint density at radius 1 is 1.22 bits per heavy atom. The second-order valence-corrected chi connectivity index (χ2v) is 6.69. The molecule has 0 spiro atoms. The van der Waals surface area contributed by atoms with Crippen LogP contribution in [0.5, 0.6) is 5.75 Å². The van der Waals surface area contributed by atoms with Crippen molar-refractivity contribution in [3.8, 4) is 5.75 Å². The van der Waals surface area contributed by atoms with Gasteiger partial charge < -0.3 is 25.2 Å². The third-order valence-electron chi connectivity index (χ3n) is 4.69. The molecule has 144 valence electrons. The minimum absolute atomic E-state index is 0.143. The van der Waals surface area contributed by atoms with Gasteiger partial charge in [-0.2, -0.15) is 0 Å². The average Bonchev–Trinajstić information content (AvgIpc) is 2.60. The third kappa shape index (κ3) is 4.58. The molecule has 8 nitrogen and oxygen atoms in total. The van der Waals surface area contributed by atoms with E-state index in [9.17, 15) is 19.5 Å². The number of carboxylic acids is 1. The number of carboxylic acid groups (broad SMARTS) is 1. The quantitative estimate of drug-likeness (QED) is 0.621. The Morgan fingerprint density at radius 3 is 2.52 bits per heavy atom. The fourth-order valence-electron chi connectivity index (χ4n) is 2.95. The number of amides is 2. The lowest BCUT2D eigenvalue weighted by atomic mass is 9.96. The molecule has 2 amide bonds. The number of nitrogens with one attached hydrogen (secondary N) is 1. The zero-order chi connectivity index (χ0) is 19.4. The zero-order valence-corrected chi connectivity index (χ0v) is 14.8. The number of carbonyl (C=O) groups is 3. The lowest BCUT2D eigenvalue weighted by Crippen LogP contribution is -2.43. The average molecular weight is 374 g/mol. The SMILES string of the molecule is O=C(O)CNC(=O)C1=C(O)CCN(Cc2ccc(OC3CCC3)cc2)C1=O. The molecule has 0 unspecified atom stereocenters. The molecule has 0 radical (unpaired) electrons. The van der Waals surface area contributed by atoms with Crippen molar-refractivity contribution in [2.45, 2.75) is 38.3 Å². The summed E-state index contributed by atoms with van der Waals surface area (Å²) in [6.45, 7) is -0.0580. The molecule has 1 aliphatic heterocycles. The number of rotatable bonds is 7. The van der Waals surface area contributed by atoms with Crippen LogP contribution in [-0.4, -0.2) is 52.1 Å². The van der Waals surface area contributed by atoms with Gasteiger partial charge in [0.05, 0.1) is 6.10 Å². The van der Waals surface area contributed by atoms with Gasteiger partial charge in [-0.3, -0.25) is 14.4 Å². The third-order valence-corrected chi connectivity index (χ3v) is 4.69. The summed E-state index contributed by atoms with van der Waals surface area (Å²) >= 11 is 0. The van der Waals surface area contributed by atoms with Crippen LogP contribution in [0.25, 0.3) is 0 Å². The van der Waals surface area contributed by atoms with Crippen molar-refractivity contribution in [1.29, 1.82) is 0 Å². The van der Waals surface area contributed by atoms with Crippen molar-refractivity contribution in [2.75, 3.05) is 13.1 Å². The summed E-state index contributed by atoms with van der Waals surface area (Å²) in [7, 11) is 0. The second-order valence-electron chi connectivity index (χ2n) is 6.69. The maximum absolute atomic E-state index is 12.6. The molecule has 1 saturated carbocycles. The summed E-state index contributed by atoms with van der Waals surface area (Å²) in [6, 6.07) is 7.44. The summed E-state index contributed by atoms with van der Waals surface area (Å²) in [4.78, 5) is 36.6. The van der Waals surface area contributed by atoms with Crippen molar-refractivity contribution in [3.63, 3.8) is 0 Å². The van der Waals surface area contributed by atoms with Crippen LogP contribution >= 0.6 is 0 Å². The smallest absolute Gasteiger partial charge is 0.322 e. The highest BCUT2D eigenvalue weighted by atomic mass is 16.5. The number of benzene rings is 1. The van der Waals surface area contributed by atoms with Crippen LogP contribution in [-0.2, 0) is 20.9 Å². The molecule has 1 aliphatic carbocycles. The fourth-order valence-corrected chi connectivity index (χ4v) is 2.95. The Bertz CT molecular complexity index is 767. The number of carbonyl (C=O) groups excluding carboxylic acids is 2. The van der Waals surface area contributed by atoms with Gasteiger partial charge in [-0.25, -0.2) is 0 Å². The summed E-state index contributed by atoms with van der Waals surface area (Å²) < 4.78 is 5.80. The first-order chi connectivity index (χ1) is 12.9. The standard InChI is InChI=1S/C19H22N2O6/c22-15-8-9-21(19(26)17(15)18(25)20-10-16(23)24)11-12-4-6-14(7-5-12)27-13-2-1-3-13/h4-7,13,22H,1-3,8-11H2,(H,20,25)(H,23,24). The molecule has 0 saturated heterocycles. The Morgan fingerprint density at radius 2 is 1.93 bits per heavy atom. The van der Waals surface area contributed by atoms with Gasteiger partial charge in [0.15, 0.2) is 0 Å². The van der Waals surface area contributed by atoms with E-state index in [2.05, 4.69) is 5.32 Å². The predicted octanol–water partition coefficient (Wildman–Crippen LogP) is 1.36. The lowest BCUT2D eigenvalue weighted by molar-refractivity contribution is -0.138. The largest absolute Gasteiger partial charge is 0.511 e. The first kappa shape index (κ1) is 18.8. The van der Waals surface area contributed by atoms with E-state index in [4.69, 9.17) is 9.84 Å². The molecule has 1 aromatic carbocycles. The number of hydrogen-bond acceptors (Lipinski definition) is 5. The van der Waals surface area contributed by atoms with Crippen LogP contribution in [0.2, 0.25) is 0 Å². The van der Waals surface area contributed by atoms with Crippen molar-refractivity contribution in [3.05, 3.63) is 41.2 Å². The lowest BCUT2D eigenvalue weighted by Gasteiger charge is -2.28. The highest BCUT2D eigenvalue weighted by Gasteiger charge is 2.32. The van der Waals surface area contributed by atoms with Crippen LogP contribution in [0.15, 0.2) is 35.6 Å². The molecule has 8 heteroatoms. The van der Waals surface area contributed by atoms with Gasteiger partial charge in [0, 0.05) is 19.5 Å². The van der Waals surface area contributed by atoms with Gasteiger partial charge in [-0.15, -0.1) is 0 Å². The van der Waals surface area contributed by atoms with E-state index in [1.807, 2.05) is 24.3 Å². The zero-order valence-electron chi connectivity index (χ0n) is 14.8. The van der Waals surface area contributed by atoms with Crippen molar-refractivity contribution < 1.29 is 29.3 Å². The number of ether oxygens (including phenoxy) is 1. The molecule has 0 atom stereocenters. The highest BCUT2D eigenvalue weighted by Crippen LogP contribution is 2.26. The summed E-state index contributed by atoms with van der Waals surface area (Å²) in [5, 5.41) is 20.7. The number of aliphatic hydroxyl groups excluding tert-OH is 1. The van der Waals surface area contributed by atoms with E-state index < -0.39 is 29.9 Å². The Labute approximate surface area is 156 Å². The normalized spacial score (nSPS) is 17.5. The molecular formula is C19H22N2O6. The van der Waals surface area contributed by atoms with E-state index in [1.165, 1.54) is 11.3 Å². The monoisotopic (exact) mass is 374 g/mol. The molecule has 1 aromatic rings. The van der Waals surface area contributed by atoms with Crippen molar-refractivity contribution in [1.82, 2.24) is 10.2 Å². The van der Waals surface area contributed by atoms with E-state index in [0.29, 0.717) is 6.10 Å². The summed E-state index contributed by atoms with van der Waals surface area (Å²) in [5.74, 6) is -2.25. The first-order valence-corrected chi connectivity index (χ1v) is 8.91. The van der Waals surface area contributed by atoms with Crippen molar-refractivity contribution in [2.24, 2.45) is 0 Å². The van der Waals surface area contributed by atoms with Crippen LogP contribution in [0, 0.1) is 0 Å². The number of aliphatic hydroxyl groups is 1. The minimum Gasteiger partial charge on any atom is -0.511 e. The van der Waals surface area contributed by atoms with Crippen LogP contribution < -0.4 is 10.1 Å². The second kappa shape index (κ2) is 8.11. The van der Waals surface area contributed by atoms with Gasteiger partial charge in [-0.1, -0.05) is 12.1 Å². The molecule has 3 rings (SSSR count). The van der Waals surface area contributed by atoms with Crippen LogP contribution in [0.4, 0.5) is 0 Å². The van der Waals surface area contributed by atoms with E-state index in [-0.39, 0.29) is 25.3 Å². The molecule has 0 aromatic heterocycles. The molecule has 1 fully saturated rings. The van der Waals surface area contributed by atoms with Gasteiger partial charge >= 0.3 is 5.97 Å². The summed E-state index contributed by atoms with van der Waals surface area (Å²) in [6.07, 6.45) is 3.78. The molecule has 1 heterocycles. The minimum atomic E-state index is -1.23. The van der Waals surface area contributed by atoms with Gasteiger partial charge in [0.2, 0.25) is 0 Å². The van der Waals surface area contributed by atoms with E-state index in [0.717, 1.165) is 24.2 Å². The molecular weight excluding hydrogens is 352 g/mol. The van der Waals surface area contributed by atoms with Crippen molar-refractivity contribution >= 4 is 17.8 Å². The van der Waals surface area contributed by atoms with Gasteiger partial charge in [0.1, 0.15) is 23.6 Å². The molecule has 0 bridgehead atoms. The number of aliphatic carboxylic acids is 1. The Kier molecular flexibility index (Phi) is 5.63. The van der Waals surface area contributed by atoms with Crippen LogP contribution in [0.3, 0.4) is 0 Å². The van der Waals surface area contributed by atoms with Gasteiger partial charge in [0.25, 0.3) is 11.8 Å².